The van der Waals surface area contributed by atoms with Gasteiger partial charge in [0.15, 0.2) is 5.69 Å². The summed E-state index contributed by atoms with van der Waals surface area (Å²) in [7, 11) is 0. The lowest BCUT2D eigenvalue weighted by molar-refractivity contribution is -0.274. The molecule has 1 heterocycles. The Hall–Kier alpha value is -2.84. The summed E-state index contributed by atoms with van der Waals surface area (Å²) in [6.07, 6.45) is -4.81. The maximum absolute atomic E-state index is 12.1. The number of carbonyl (C=O) groups is 1. The third kappa shape index (κ3) is 3.43. The SMILES string of the molecule is Cc1cc(=O)n(-c2ccc(OC(F)(F)F)cc2)nc1C(N)=O. The number of benzene rings is 1. The van der Waals surface area contributed by atoms with Gasteiger partial charge in [0.2, 0.25) is 0 Å². The summed E-state index contributed by atoms with van der Waals surface area (Å²) >= 11 is 0. The van der Waals surface area contributed by atoms with Gasteiger partial charge in [-0.15, -0.1) is 13.2 Å². The lowest BCUT2D eigenvalue weighted by atomic mass is 10.2. The minimum atomic E-state index is -4.81. The predicted molar refractivity (Wildman–Crippen MR) is 69.8 cm³/mol. The van der Waals surface area contributed by atoms with E-state index in [-0.39, 0.29) is 11.4 Å². The molecule has 0 spiro atoms. The van der Waals surface area contributed by atoms with Crippen molar-refractivity contribution in [2.75, 3.05) is 0 Å². The number of alkyl halides is 3. The molecule has 0 unspecified atom stereocenters. The molecule has 0 aliphatic heterocycles. The smallest absolute Gasteiger partial charge is 0.406 e. The molecule has 2 aromatic rings. The van der Waals surface area contributed by atoms with Crippen molar-refractivity contribution in [3.05, 3.63) is 51.9 Å². The van der Waals surface area contributed by atoms with Crippen molar-refractivity contribution in [3.63, 3.8) is 0 Å². The van der Waals surface area contributed by atoms with Crippen LogP contribution >= 0.6 is 0 Å². The zero-order valence-corrected chi connectivity index (χ0v) is 11.2. The number of aromatic nitrogens is 2. The molecule has 6 nitrogen and oxygen atoms in total. The molecule has 0 aliphatic rings. The van der Waals surface area contributed by atoms with Crippen LogP contribution in [0.25, 0.3) is 5.69 Å². The topological polar surface area (TPSA) is 87.2 Å². The second kappa shape index (κ2) is 5.51. The van der Waals surface area contributed by atoms with Crippen molar-refractivity contribution in [1.29, 1.82) is 0 Å². The predicted octanol–water partition coefficient (Wildman–Crippen LogP) is 1.54. The number of rotatable bonds is 3. The van der Waals surface area contributed by atoms with Crippen molar-refractivity contribution in [2.45, 2.75) is 13.3 Å². The Morgan fingerprint density at radius 3 is 2.36 bits per heavy atom. The van der Waals surface area contributed by atoms with Crippen molar-refractivity contribution >= 4 is 5.91 Å². The third-order valence-corrected chi connectivity index (χ3v) is 2.67. The molecular formula is C13H10F3N3O3. The summed E-state index contributed by atoms with van der Waals surface area (Å²) < 4.78 is 40.8. The third-order valence-electron chi connectivity index (χ3n) is 2.67. The first-order chi connectivity index (χ1) is 10.2. The van der Waals surface area contributed by atoms with E-state index in [2.05, 4.69) is 9.84 Å². The Bertz CT molecular complexity index is 767. The first kappa shape index (κ1) is 15.5. The summed E-state index contributed by atoms with van der Waals surface area (Å²) in [4.78, 5) is 23.1. The Morgan fingerprint density at radius 2 is 1.86 bits per heavy atom. The summed E-state index contributed by atoms with van der Waals surface area (Å²) in [6, 6.07) is 5.62. The Kier molecular flexibility index (Phi) is 3.89. The average molecular weight is 313 g/mol. The highest BCUT2D eigenvalue weighted by Gasteiger charge is 2.31. The van der Waals surface area contributed by atoms with E-state index in [0.717, 1.165) is 22.9 Å². The van der Waals surface area contributed by atoms with Gasteiger partial charge in [0.1, 0.15) is 5.75 Å². The van der Waals surface area contributed by atoms with Crippen LogP contribution in [0.2, 0.25) is 0 Å². The van der Waals surface area contributed by atoms with E-state index in [0.29, 0.717) is 5.56 Å². The molecule has 0 saturated carbocycles. The van der Waals surface area contributed by atoms with Gasteiger partial charge in [0.25, 0.3) is 11.5 Å². The molecule has 0 saturated heterocycles. The Balaban J connectivity index is 2.42. The van der Waals surface area contributed by atoms with Gasteiger partial charge in [-0.2, -0.15) is 9.78 Å². The van der Waals surface area contributed by atoms with Crippen LogP contribution in [-0.4, -0.2) is 22.1 Å². The van der Waals surface area contributed by atoms with Crippen LogP contribution in [-0.2, 0) is 0 Å². The number of aryl methyl sites for hydroxylation is 1. The van der Waals surface area contributed by atoms with E-state index in [1.165, 1.54) is 19.1 Å². The highest BCUT2D eigenvalue weighted by Crippen LogP contribution is 2.23. The standard InChI is InChI=1S/C13H10F3N3O3/c1-7-6-10(20)19(18-11(7)12(17)21)8-2-4-9(5-3-8)22-13(14,15)16/h2-6H,1H3,(H2,17,21). The van der Waals surface area contributed by atoms with Gasteiger partial charge in [0.05, 0.1) is 5.69 Å². The molecule has 22 heavy (non-hydrogen) atoms. The summed E-state index contributed by atoms with van der Waals surface area (Å²) in [6.45, 7) is 1.50. The lowest BCUT2D eigenvalue weighted by Gasteiger charge is -2.10. The summed E-state index contributed by atoms with van der Waals surface area (Å²) in [5.41, 5.74) is 4.97. The highest BCUT2D eigenvalue weighted by molar-refractivity contribution is 5.91. The molecule has 0 aliphatic carbocycles. The van der Waals surface area contributed by atoms with E-state index >= 15 is 0 Å². The Labute approximate surface area is 121 Å². The first-order valence-corrected chi connectivity index (χ1v) is 5.94. The number of halogens is 3. The molecule has 1 aromatic carbocycles. The monoisotopic (exact) mass is 313 g/mol. The zero-order valence-electron chi connectivity index (χ0n) is 11.2. The zero-order chi connectivity index (χ0) is 16.5. The van der Waals surface area contributed by atoms with E-state index in [4.69, 9.17) is 5.73 Å². The van der Waals surface area contributed by atoms with E-state index < -0.39 is 23.6 Å². The normalized spacial score (nSPS) is 11.3. The number of nitrogens with two attached hydrogens (primary N) is 1. The number of ether oxygens (including phenoxy) is 1. The van der Waals surface area contributed by atoms with Gasteiger partial charge in [-0.3, -0.25) is 9.59 Å². The quantitative estimate of drug-likeness (QED) is 0.931. The lowest BCUT2D eigenvalue weighted by Crippen LogP contribution is -2.26. The number of carbonyl (C=O) groups excluding carboxylic acids is 1. The second-order valence-electron chi connectivity index (χ2n) is 4.33. The molecule has 2 N–H and O–H groups in total. The van der Waals surface area contributed by atoms with Crippen LogP contribution in [0.15, 0.2) is 35.1 Å². The van der Waals surface area contributed by atoms with Crippen LogP contribution in [0, 0.1) is 6.92 Å². The van der Waals surface area contributed by atoms with Crippen LogP contribution in [0.4, 0.5) is 13.2 Å². The van der Waals surface area contributed by atoms with Crippen molar-refractivity contribution in [2.24, 2.45) is 5.73 Å². The summed E-state index contributed by atoms with van der Waals surface area (Å²) in [5.74, 6) is -1.25. The molecule has 1 amide bonds. The fourth-order valence-corrected chi connectivity index (χ4v) is 1.76. The molecule has 1 aromatic heterocycles. The molecule has 0 fully saturated rings. The largest absolute Gasteiger partial charge is 0.573 e. The van der Waals surface area contributed by atoms with Gasteiger partial charge < -0.3 is 10.5 Å². The van der Waals surface area contributed by atoms with Gasteiger partial charge in [-0.1, -0.05) is 0 Å². The van der Waals surface area contributed by atoms with Gasteiger partial charge in [0, 0.05) is 6.07 Å². The number of nitrogens with zero attached hydrogens (tertiary/aromatic N) is 2. The minimum absolute atomic E-state index is 0.102. The number of primary amides is 1. The maximum Gasteiger partial charge on any atom is 0.573 e. The van der Waals surface area contributed by atoms with Crippen molar-refractivity contribution in [1.82, 2.24) is 9.78 Å². The molecular weight excluding hydrogens is 303 g/mol. The maximum atomic E-state index is 12.1. The molecule has 2 rings (SSSR count). The Morgan fingerprint density at radius 1 is 1.27 bits per heavy atom. The van der Waals surface area contributed by atoms with Gasteiger partial charge in [-0.05, 0) is 36.8 Å². The number of hydrogen-bond acceptors (Lipinski definition) is 4. The molecule has 0 bridgehead atoms. The molecule has 0 radical (unpaired) electrons. The fourth-order valence-electron chi connectivity index (χ4n) is 1.76. The molecule has 0 atom stereocenters. The number of hydrogen-bond donors (Lipinski definition) is 1. The van der Waals surface area contributed by atoms with E-state index in [9.17, 15) is 22.8 Å². The molecule has 9 heteroatoms. The van der Waals surface area contributed by atoms with Crippen molar-refractivity contribution < 1.29 is 22.7 Å². The second-order valence-corrected chi connectivity index (χ2v) is 4.33. The van der Waals surface area contributed by atoms with Gasteiger partial charge >= 0.3 is 6.36 Å². The van der Waals surface area contributed by atoms with Crippen LogP contribution < -0.4 is 16.0 Å². The number of amides is 1. The minimum Gasteiger partial charge on any atom is -0.406 e. The highest BCUT2D eigenvalue weighted by atomic mass is 19.4. The van der Waals surface area contributed by atoms with E-state index in [1.54, 1.807) is 0 Å². The average Bonchev–Trinajstić information content (AvgIpc) is 2.38. The molecule has 116 valence electrons. The first-order valence-electron chi connectivity index (χ1n) is 5.94. The van der Waals surface area contributed by atoms with Crippen LogP contribution in [0.3, 0.4) is 0 Å². The fraction of sp³-hybridized carbons (Fsp3) is 0.154. The van der Waals surface area contributed by atoms with Crippen LogP contribution in [0.5, 0.6) is 5.75 Å². The van der Waals surface area contributed by atoms with Crippen LogP contribution in [0.1, 0.15) is 16.1 Å². The summed E-state index contributed by atoms with van der Waals surface area (Å²) in [5, 5.41) is 3.81. The van der Waals surface area contributed by atoms with Gasteiger partial charge in [-0.25, -0.2) is 0 Å². The van der Waals surface area contributed by atoms with E-state index in [1.807, 2.05) is 0 Å². The van der Waals surface area contributed by atoms with Crippen molar-refractivity contribution in [3.8, 4) is 11.4 Å².